The smallest absolute Gasteiger partial charge is 0.259 e. The number of benzene rings is 1. The fourth-order valence-corrected chi connectivity index (χ4v) is 4.77. The van der Waals surface area contributed by atoms with Gasteiger partial charge in [0.1, 0.15) is 6.04 Å². The van der Waals surface area contributed by atoms with E-state index in [4.69, 9.17) is 4.52 Å². The molecule has 1 aromatic carbocycles. The van der Waals surface area contributed by atoms with Gasteiger partial charge in [-0.25, -0.2) is 13.4 Å². The van der Waals surface area contributed by atoms with Gasteiger partial charge in [-0.3, -0.25) is 9.59 Å². The van der Waals surface area contributed by atoms with E-state index in [0.29, 0.717) is 22.3 Å². The number of amides is 2. The Kier molecular flexibility index (Phi) is 5.48. The molecule has 1 atom stereocenters. The Morgan fingerprint density at radius 2 is 1.84 bits per heavy atom. The minimum atomic E-state index is -3.10. The highest BCUT2D eigenvalue weighted by molar-refractivity contribution is 7.91. The largest absolute Gasteiger partial charge is 0.340 e. The number of rotatable bonds is 4. The van der Waals surface area contributed by atoms with E-state index >= 15 is 0 Å². The van der Waals surface area contributed by atoms with Gasteiger partial charge >= 0.3 is 0 Å². The van der Waals surface area contributed by atoms with E-state index < -0.39 is 21.8 Å². The van der Waals surface area contributed by atoms with Gasteiger partial charge in [0.2, 0.25) is 5.91 Å². The maximum Gasteiger partial charge on any atom is 0.259 e. The minimum absolute atomic E-state index is 0.0648. The fourth-order valence-electron chi connectivity index (χ4n) is 3.57. The standard InChI is InChI=1S/C21H22N4O5S/c1-13-18-16(12-17(23-20(18)30-24-13)15-6-4-3-5-7-15)19(26)22-14(2)21(27)25-8-10-31(28,29)11-9-25/h3-7,12,14H,8-11H2,1-2H3,(H,22,26). The molecule has 2 aromatic heterocycles. The predicted molar refractivity (Wildman–Crippen MR) is 114 cm³/mol. The number of nitrogens with zero attached hydrogens (tertiary/aromatic N) is 3. The van der Waals surface area contributed by atoms with Crippen LogP contribution in [0.3, 0.4) is 0 Å². The summed E-state index contributed by atoms with van der Waals surface area (Å²) >= 11 is 0. The Hall–Kier alpha value is -3.27. The van der Waals surface area contributed by atoms with Gasteiger partial charge in [0.05, 0.1) is 33.8 Å². The lowest BCUT2D eigenvalue weighted by Crippen LogP contribution is -2.51. The van der Waals surface area contributed by atoms with Crippen molar-refractivity contribution in [1.29, 1.82) is 0 Å². The van der Waals surface area contributed by atoms with Crippen LogP contribution in [0.15, 0.2) is 40.9 Å². The lowest BCUT2D eigenvalue weighted by atomic mass is 10.0. The molecule has 1 fully saturated rings. The first kappa shape index (κ1) is 21.0. The maximum absolute atomic E-state index is 13.1. The second-order valence-corrected chi connectivity index (χ2v) is 9.85. The van der Waals surface area contributed by atoms with Crippen molar-refractivity contribution in [2.75, 3.05) is 24.6 Å². The molecule has 162 valence electrons. The average molecular weight is 442 g/mol. The van der Waals surface area contributed by atoms with Crippen LogP contribution in [-0.4, -0.2) is 65.9 Å². The monoisotopic (exact) mass is 442 g/mol. The Morgan fingerprint density at radius 1 is 1.16 bits per heavy atom. The van der Waals surface area contributed by atoms with Crippen LogP contribution in [0.25, 0.3) is 22.4 Å². The highest BCUT2D eigenvalue weighted by Crippen LogP contribution is 2.27. The van der Waals surface area contributed by atoms with Crippen molar-refractivity contribution in [3.8, 4) is 11.3 Å². The first-order valence-corrected chi connectivity index (χ1v) is 11.7. The van der Waals surface area contributed by atoms with Gasteiger partial charge in [0.15, 0.2) is 9.84 Å². The molecular weight excluding hydrogens is 420 g/mol. The lowest BCUT2D eigenvalue weighted by molar-refractivity contribution is -0.132. The summed E-state index contributed by atoms with van der Waals surface area (Å²) in [6.45, 7) is 3.56. The third kappa shape index (κ3) is 4.29. The third-order valence-corrected chi connectivity index (χ3v) is 6.91. The molecule has 3 heterocycles. The highest BCUT2D eigenvalue weighted by atomic mass is 32.2. The number of pyridine rings is 1. The summed E-state index contributed by atoms with van der Waals surface area (Å²) in [5.41, 5.74) is 2.43. The number of nitrogens with one attached hydrogen (secondary N) is 1. The van der Waals surface area contributed by atoms with Gasteiger partial charge in [-0.15, -0.1) is 0 Å². The zero-order valence-corrected chi connectivity index (χ0v) is 18.0. The normalized spacial score (nSPS) is 16.8. The Labute approximate surface area is 179 Å². The summed E-state index contributed by atoms with van der Waals surface area (Å²) in [7, 11) is -3.10. The lowest BCUT2D eigenvalue weighted by Gasteiger charge is -2.29. The Balaban J connectivity index is 1.60. The van der Waals surface area contributed by atoms with Crippen LogP contribution >= 0.6 is 0 Å². The number of hydrogen-bond donors (Lipinski definition) is 1. The van der Waals surface area contributed by atoms with Gasteiger partial charge in [-0.1, -0.05) is 35.5 Å². The molecular formula is C21H22N4O5S. The summed E-state index contributed by atoms with van der Waals surface area (Å²) in [4.78, 5) is 31.8. The molecule has 10 heteroatoms. The van der Waals surface area contributed by atoms with Gasteiger partial charge in [0.25, 0.3) is 11.6 Å². The van der Waals surface area contributed by atoms with E-state index in [9.17, 15) is 18.0 Å². The number of carbonyl (C=O) groups is 2. The van der Waals surface area contributed by atoms with Crippen molar-refractivity contribution in [3.63, 3.8) is 0 Å². The first-order chi connectivity index (χ1) is 14.7. The topological polar surface area (TPSA) is 122 Å². The van der Waals surface area contributed by atoms with Crippen molar-refractivity contribution in [2.45, 2.75) is 19.9 Å². The molecule has 4 rings (SSSR count). The van der Waals surface area contributed by atoms with Gasteiger partial charge in [-0.2, -0.15) is 0 Å². The molecule has 0 bridgehead atoms. The SMILES string of the molecule is Cc1noc2nc(-c3ccccc3)cc(C(=O)NC(C)C(=O)N3CCS(=O)(=O)CC3)c12. The van der Waals surface area contributed by atoms with E-state index in [1.807, 2.05) is 30.3 Å². The van der Waals surface area contributed by atoms with Crippen molar-refractivity contribution in [3.05, 3.63) is 47.7 Å². The fraction of sp³-hybridized carbons (Fsp3) is 0.333. The summed E-state index contributed by atoms with van der Waals surface area (Å²) in [5, 5.41) is 7.14. The summed E-state index contributed by atoms with van der Waals surface area (Å²) in [5.74, 6) is -0.907. The van der Waals surface area contributed by atoms with E-state index in [-0.39, 0.29) is 36.2 Å². The maximum atomic E-state index is 13.1. The quantitative estimate of drug-likeness (QED) is 0.651. The van der Waals surface area contributed by atoms with Crippen LogP contribution in [0, 0.1) is 6.92 Å². The van der Waals surface area contributed by atoms with E-state index in [1.54, 1.807) is 19.9 Å². The molecule has 1 N–H and O–H groups in total. The number of aryl methyl sites for hydroxylation is 1. The van der Waals surface area contributed by atoms with Crippen molar-refractivity contribution in [2.24, 2.45) is 0 Å². The van der Waals surface area contributed by atoms with Crippen LogP contribution in [-0.2, 0) is 14.6 Å². The number of sulfone groups is 1. The molecule has 3 aromatic rings. The molecule has 1 unspecified atom stereocenters. The second-order valence-electron chi connectivity index (χ2n) is 7.54. The molecule has 0 aliphatic carbocycles. The van der Waals surface area contributed by atoms with Crippen LogP contribution < -0.4 is 5.32 Å². The summed E-state index contributed by atoms with van der Waals surface area (Å²) in [6.07, 6.45) is 0. The molecule has 0 radical (unpaired) electrons. The van der Waals surface area contributed by atoms with Gasteiger partial charge < -0.3 is 14.7 Å². The third-order valence-electron chi connectivity index (χ3n) is 5.31. The molecule has 1 aliphatic rings. The van der Waals surface area contributed by atoms with Crippen LogP contribution in [0.5, 0.6) is 0 Å². The van der Waals surface area contributed by atoms with E-state index in [1.165, 1.54) is 4.90 Å². The first-order valence-electron chi connectivity index (χ1n) is 9.88. The Morgan fingerprint density at radius 3 is 2.52 bits per heavy atom. The van der Waals surface area contributed by atoms with Gasteiger partial charge in [-0.05, 0) is 19.9 Å². The zero-order valence-electron chi connectivity index (χ0n) is 17.2. The number of hydrogen-bond acceptors (Lipinski definition) is 7. The predicted octanol–water partition coefficient (Wildman–Crippen LogP) is 1.57. The molecule has 1 saturated heterocycles. The van der Waals surface area contributed by atoms with Crippen molar-refractivity contribution >= 4 is 32.8 Å². The summed E-state index contributed by atoms with van der Waals surface area (Å²) < 4.78 is 28.5. The molecule has 9 nitrogen and oxygen atoms in total. The number of aromatic nitrogens is 2. The van der Waals surface area contributed by atoms with Gasteiger partial charge in [0, 0.05) is 18.7 Å². The molecule has 0 spiro atoms. The number of fused-ring (bicyclic) bond motifs is 1. The molecule has 0 saturated carbocycles. The Bertz CT molecular complexity index is 1240. The number of carbonyl (C=O) groups excluding carboxylic acids is 2. The van der Waals surface area contributed by atoms with Crippen LogP contribution in [0.2, 0.25) is 0 Å². The van der Waals surface area contributed by atoms with Crippen LogP contribution in [0.1, 0.15) is 23.0 Å². The zero-order chi connectivity index (χ0) is 22.2. The summed E-state index contributed by atoms with van der Waals surface area (Å²) in [6, 6.07) is 10.2. The van der Waals surface area contributed by atoms with E-state index in [0.717, 1.165) is 5.56 Å². The minimum Gasteiger partial charge on any atom is -0.340 e. The van der Waals surface area contributed by atoms with E-state index in [2.05, 4.69) is 15.5 Å². The molecule has 2 amide bonds. The average Bonchev–Trinajstić information content (AvgIpc) is 3.14. The second kappa shape index (κ2) is 8.10. The highest BCUT2D eigenvalue weighted by Gasteiger charge is 2.29. The molecule has 1 aliphatic heterocycles. The van der Waals surface area contributed by atoms with Crippen molar-refractivity contribution in [1.82, 2.24) is 20.4 Å². The van der Waals surface area contributed by atoms with Crippen molar-refractivity contribution < 1.29 is 22.5 Å². The molecule has 31 heavy (non-hydrogen) atoms. The van der Waals surface area contributed by atoms with Crippen LogP contribution in [0.4, 0.5) is 0 Å².